The van der Waals surface area contributed by atoms with Crippen LogP contribution in [0.5, 0.6) is 0 Å². The highest BCUT2D eigenvalue weighted by molar-refractivity contribution is 5.96. The van der Waals surface area contributed by atoms with Crippen LogP contribution in [0.2, 0.25) is 0 Å². The molecule has 1 heterocycles. The molecule has 1 aromatic carbocycles. The minimum absolute atomic E-state index is 0.0990. The number of benzene rings is 1. The van der Waals surface area contributed by atoms with Crippen molar-refractivity contribution in [2.45, 2.75) is 46.5 Å². The Kier molecular flexibility index (Phi) is 5.99. The fraction of sp³-hybridized carbons (Fsp3) is 0.455. The number of amides is 2. The first-order valence-electron chi connectivity index (χ1n) is 9.80. The second kappa shape index (κ2) is 8.42. The molecule has 0 saturated heterocycles. The third-order valence-corrected chi connectivity index (χ3v) is 5.47. The molecule has 1 fully saturated rings. The van der Waals surface area contributed by atoms with E-state index < -0.39 is 0 Å². The Hall–Kier alpha value is -2.56. The molecule has 5 heteroatoms. The third-order valence-electron chi connectivity index (χ3n) is 5.47. The zero-order valence-electron chi connectivity index (χ0n) is 16.5. The van der Waals surface area contributed by atoms with Crippen molar-refractivity contribution in [3.63, 3.8) is 0 Å². The van der Waals surface area contributed by atoms with Gasteiger partial charge in [-0.1, -0.05) is 31.0 Å². The van der Waals surface area contributed by atoms with Gasteiger partial charge in [-0.15, -0.1) is 0 Å². The Morgan fingerprint density at radius 2 is 1.70 bits per heavy atom. The van der Waals surface area contributed by atoms with Crippen molar-refractivity contribution < 1.29 is 9.59 Å². The van der Waals surface area contributed by atoms with E-state index in [-0.39, 0.29) is 17.7 Å². The van der Waals surface area contributed by atoms with E-state index >= 15 is 0 Å². The molecule has 0 spiro atoms. The van der Waals surface area contributed by atoms with Crippen molar-refractivity contribution in [1.82, 2.24) is 15.2 Å². The Balaban J connectivity index is 1.60. The van der Waals surface area contributed by atoms with Gasteiger partial charge in [-0.05, 0) is 51.3 Å². The molecular formula is C22H29N3O2. The molecule has 1 aromatic heterocycles. The van der Waals surface area contributed by atoms with Crippen LogP contribution < -0.4 is 10.6 Å². The van der Waals surface area contributed by atoms with Crippen LogP contribution in [-0.2, 0) is 4.79 Å². The quantitative estimate of drug-likeness (QED) is 0.768. The van der Waals surface area contributed by atoms with E-state index in [1.165, 1.54) is 5.56 Å². The summed E-state index contributed by atoms with van der Waals surface area (Å²) in [5.74, 6) is 0.186. The lowest BCUT2D eigenvalue weighted by molar-refractivity contribution is -0.124. The second-order valence-electron chi connectivity index (χ2n) is 7.44. The van der Waals surface area contributed by atoms with Crippen molar-refractivity contribution in [1.29, 1.82) is 0 Å². The van der Waals surface area contributed by atoms with Gasteiger partial charge in [-0.25, -0.2) is 0 Å². The highest BCUT2D eigenvalue weighted by Gasteiger charge is 2.22. The molecule has 0 atom stereocenters. The molecule has 1 aliphatic rings. The topological polar surface area (TPSA) is 63.1 Å². The maximum absolute atomic E-state index is 12.6. The van der Waals surface area contributed by atoms with Gasteiger partial charge in [0.2, 0.25) is 5.91 Å². The molecule has 1 saturated carbocycles. The molecule has 0 bridgehead atoms. The molecule has 2 amide bonds. The molecular weight excluding hydrogens is 338 g/mol. The SMILES string of the molecule is Cc1ccccc1-n1c(C)cc(C(=O)NCCNC(=O)C2CCCC2)c1C. The van der Waals surface area contributed by atoms with E-state index in [1.807, 2.05) is 32.0 Å². The maximum atomic E-state index is 12.6. The van der Waals surface area contributed by atoms with Crippen LogP contribution in [0.1, 0.15) is 53.0 Å². The second-order valence-corrected chi connectivity index (χ2v) is 7.44. The fourth-order valence-electron chi connectivity index (χ4n) is 3.97. The summed E-state index contributed by atoms with van der Waals surface area (Å²) in [6.45, 7) is 6.96. The molecule has 2 N–H and O–H groups in total. The predicted molar refractivity (Wildman–Crippen MR) is 107 cm³/mol. The number of carbonyl (C=O) groups excluding carboxylic acids is 2. The average molecular weight is 367 g/mol. The Bertz CT molecular complexity index is 832. The fourth-order valence-corrected chi connectivity index (χ4v) is 3.97. The minimum atomic E-state index is -0.0990. The largest absolute Gasteiger partial charge is 0.354 e. The summed E-state index contributed by atoms with van der Waals surface area (Å²) < 4.78 is 2.12. The number of aryl methyl sites for hydroxylation is 2. The van der Waals surface area contributed by atoms with E-state index in [2.05, 4.69) is 34.3 Å². The lowest BCUT2D eigenvalue weighted by Crippen LogP contribution is -2.37. The molecule has 27 heavy (non-hydrogen) atoms. The molecule has 2 aromatic rings. The summed E-state index contributed by atoms with van der Waals surface area (Å²) in [7, 11) is 0. The molecule has 0 aliphatic heterocycles. The average Bonchev–Trinajstić information content (AvgIpc) is 3.28. The summed E-state index contributed by atoms with van der Waals surface area (Å²) in [5.41, 5.74) is 4.89. The van der Waals surface area contributed by atoms with Crippen molar-refractivity contribution in [2.75, 3.05) is 13.1 Å². The number of nitrogens with zero attached hydrogens (tertiary/aromatic N) is 1. The van der Waals surface area contributed by atoms with Crippen LogP contribution in [-0.4, -0.2) is 29.5 Å². The highest BCUT2D eigenvalue weighted by Crippen LogP contribution is 2.25. The smallest absolute Gasteiger partial charge is 0.253 e. The molecule has 3 rings (SSSR count). The summed E-state index contributed by atoms with van der Waals surface area (Å²) in [4.78, 5) is 24.6. The van der Waals surface area contributed by atoms with Gasteiger partial charge in [0.25, 0.3) is 5.91 Å². The van der Waals surface area contributed by atoms with Crippen LogP contribution in [0, 0.1) is 26.7 Å². The van der Waals surface area contributed by atoms with Crippen LogP contribution >= 0.6 is 0 Å². The first-order valence-corrected chi connectivity index (χ1v) is 9.80. The number of rotatable bonds is 6. The summed E-state index contributed by atoms with van der Waals surface area (Å²) in [6.07, 6.45) is 4.27. The van der Waals surface area contributed by atoms with Gasteiger partial charge in [0, 0.05) is 36.1 Å². The normalized spacial score (nSPS) is 14.3. The van der Waals surface area contributed by atoms with Crippen molar-refractivity contribution >= 4 is 11.8 Å². The predicted octanol–water partition coefficient (Wildman–Crippen LogP) is 3.44. The van der Waals surface area contributed by atoms with Crippen LogP contribution in [0.15, 0.2) is 30.3 Å². The van der Waals surface area contributed by atoms with Gasteiger partial charge >= 0.3 is 0 Å². The lowest BCUT2D eigenvalue weighted by Gasteiger charge is -2.13. The van der Waals surface area contributed by atoms with Crippen molar-refractivity contribution in [3.05, 3.63) is 52.8 Å². The van der Waals surface area contributed by atoms with Gasteiger partial charge in [0.1, 0.15) is 0 Å². The van der Waals surface area contributed by atoms with Gasteiger partial charge < -0.3 is 15.2 Å². The van der Waals surface area contributed by atoms with Crippen LogP contribution in [0.4, 0.5) is 0 Å². The molecule has 1 aliphatic carbocycles. The zero-order chi connectivity index (χ0) is 19.4. The Morgan fingerprint density at radius 3 is 2.41 bits per heavy atom. The standard InChI is InChI=1S/C22H29N3O2/c1-15-8-4-7-11-20(15)25-16(2)14-19(17(25)3)22(27)24-13-12-23-21(26)18-9-5-6-10-18/h4,7-8,11,14,18H,5-6,9-10,12-13H2,1-3H3,(H,23,26)(H,24,27). The zero-order valence-corrected chi connectivity index (χ0v) is 16.5. The molecule has 0 radical (unpaired) electrons. The van der Waals surface area contributed by atoms with E-state index in [0.717, 1.165) is 42.8 Å². The number of hydrogen-bond donors (Lipinski definition) is 2. The lowest BCUT2D eigenvalue weighted by atomic mass is 10.1. The number of carbonyl (C=O) groups is 2. The molecule has 5 nitrogen and oxygen atoms in total. The number of nitrogens with one attached hydrogen (secondary N) is 2. The summed E-state index contributed by atoms with van der Waals surface area (Å²) >= 11 is 0. The Morgan fingerprint density at radius 1 is 1.04 bits per heavy atom. The summed E-state index contributed by atoms with van der Waals surface area (Å²) in [6, 6.07) is 10.1. The number of aromatic nitrogens is 1. The minimum Gasteiger partial charge on any atom is -0.354 e. The van der Waals surface area contributed by atoms with Crippen molar-refractivity contribution in [2.24, 2.45) is 5.92 Å². The number of hydrogen-bond acceptors (Lipinski definition) is 2. The Labute approximate surface area is 161 Å². The highest BCUT2D eigenvalue weighted by atomic mass is 16.2. The molecule has 144 valence electrons. The van der Waals surface area contributed by atoms with Gasteiger partial charge in [0.15, 0.2) is 0 Å². The van der Waals surface area contributed by atoms with E-state index in [4.69, 9.17) is 0 Å². The van der Waals surface area contributed by atoms with E-state index in [1.54, 1.807) is 0 Å². The molecule has 0 unspecified atom stereocenters. The monoisotopic (exact) mass is 367 g/mol. The maximum Gasteiger partial charge on any atom is 0.253 e. The van der Waals surface area contributed by atoms with Crippen LogP contribution in [0.3, 0.4) is 0 Å². The summed E-state index contributed by atoms with van der Waals surface area (Å²) in [5, 5.41) is 5.86. The first kappa shape index (κ1) is 19.2. The number of para-hydroxylation sites is 1. The third kappa shape index (κ3) is 4.24. The van der Waals surface area contributed by atoms with Gasteiger partial charge in [0.05, 0.1) is 5.56 Å². The van der Waals surface area contributed by atoms with Crippen molar-refractivity contribution in [3.8, 4) is 5.69 Å². The van der Waals surface area contributed by atoms with Gasteiger partial charge in [-0.2, -0.15) is 0 Å². The van der Waals surface area contributed by atoms with E-state index in [9.17, 15) is 9.59 Å². The van der Waals surface area contributed by atoms with E-state index in [0.29, 0.717) is 18.7 Å². The van der Waals surface area contributed by atoms with Gasteiger partial charge in [-0.3, -0.25) is 9.59 Å². The van der Waals surface area contributed by atoms with Crippen LogP contribution in [0.25, 0.3) is 5.69 Å². The first-order chi connectivity index (χ1) is 13.0.